The summed E-state index contributed by atoms with van der Waals surface area (Å²) in [5, 5.41) is 6.72. The zero-order valence-corrected chi connectivity index (χ0v) is 15.3. The molecule has 0 aliphatic carbocycles. The first kappa shape index (κ1) is 17.7. The van der Waals surface area contributed by atoms with Gasteiger partial charge in [0.15, 0.2) is 0 Å². The lowest BCUT2D eigenvalue weighted by Crippen LogP contribution is -2.40. The molecular weight excluding hydrogens is 336 g/mol. The van der Waals surface area contributed by atoms with Crippen LogP contribution in [-0.2, 0) is 11.3 Å². The molecule has 1 unspecified atom stereocenters. The van der Waals surface area contributed by atoms with Crippen molar-refractivity contribution in [3.63, 3.8) is 0 Å². The lowest BCUT2D eigenvalue weighted by molar-refractivity contribution is -0.121. The minimum atomic E-state index is 0.0373. The number of furan rings is 1. The van der Waals surface area contributed by atoms with E-state index in [4.69, 9.17) is 4.42 Å². The molecule has 2 amide bonds. The molecule has 0 saturated carbocycles. The van der Waals surface area contributed by atoms with Crippen molar-refractivity contribution in [2.75, 3.05) is 13.1 Å². The van der Waals surface area contributed by atoms with E-state index >= 15 is 0 Å². The maximum absolute atomic E-state index is 12.4. The van der Waals surface area contributed by atoms with Crippen molar-refractivity contribution in [1.29, 1.82) is 0 Å². The van der Waals surface area contributed by atoms with E-state index in [1.54, 1.807) is 11.3 Å². The summed E-state index contributed by atoms with van der Waals surface area (Å²) in [6.07, 6.45) is 3.40. The molecule has 0 aromatic carbocycles. The van der Waals surface area contributed by atoms with Crippen LogP contribution in [0.1, 0.15) is 47.6 Å². The number of hydrogen-bond acceptors (Lipinski definition) is 4. The summed E-state index contributed by atoms with van der Waals surface area (Å²) in [4.78, 5) is 26.4. The van der Waals surface area contributed by atoms with Crippen LogP contribution in [0.2, 0.25) is 0 Å². The summed E-state index contributed by atoms with van der Waals surface area (Å²) in [5.41, 5.74) is 0.775. The molecule has 3 rings (SSSR count). The van der Waals surface area contributed by atoms with Crippen LogP contribution in [-0.4, -0.2) is 29.8 Å². The molecule has 0 spiro atoms. The van der Waals surface area contributed by atoms with E-state index in [9.17, 15) is 9.59 Å². The number of likely N-dealkylation sites (tertiary alicyclic amines) is 1. The second-order valence-corrected chi connectivity index (χ2v) is 7.38. The molecule has 0 bridgehead atoms. The normalized spacial score (nSPS) is 17.5. The average Bonchev–Trinajstić information content (AvgIpc) is 3.29. The molecule has 5 nitrogen and oxygen atoms in total. The van der Waals surface area contributed by atoms with Gasteiger partial charge in [-0.05, 0) is 55.7 Å². The van der Waals surface area contributed by atoms with Crippen molar-refractivity contribution in [3.8, 4) is 0 Å². The zero-order chi connectivity index (χ0) is 17.6. The first-order valence-corrected chi connectivity index (χ1v) is 9.69. The Morgan fingerprint density at radius 2 is 2.24 bits per heavy atom. The van der Waals surface area contributed by atoms with E-state index in [1.807, 2.05) is 40.8 Å². The van der Waals surface area contributed by atoms with Gasteiger partial charge < -0.3 is 14.6 Å². The summed E-state index contributed by atoms with van der Waals surface area (Å²) < 4.78 is 5.45. The number of nitrogens with one attached hydrogen (secondary N) is 1. The van der Waals surface area contributed by atoms with Gasteiger partial charge in [0.2, 0.25) is 5.91 Å². The third-order valence-corrected chi connectivity index (χ3v) is 5.29. The Morgan fingerprint density at radius 3 is 2.96 bits per heavy atom. The van der Waals surface area contributed by atoms with Gasteiger partial charge in [-0.15, -0.1) is 0 Å². The van der Waals surface area contributed by atoms with Crippen LogP contribution in [0.3, 0.4) is 0 Å². The zero-order valence-electron chi connectivity index (χ0n) is 14.5. The van der Waals surface area contributed by atoms with Crippen LogP contribution in [0.15, 0.2) is 33.4 Å². The molecule has 3 heterocycles. The van der Waals surface area contributed by atoms with Gasteiger partial charge in [0.05, 0.1) is 12.1 Å². The molecule has 134 valence electrons. The summed E-state index contributed by atoms with van der Waals surface area (Å²) in [6, 6.07) is 5.65. The number of carbonyl (C=O) groups excluding carboxylic acids is 2. The molecule has 25 heavy (non-hydrogen) atoms. The molecule has 1 aliphatic rings. The predicted molar refractivity (Wildman–Crippen MR) is 97.5 cm³/mol. The largest absolute Gasteiger partial charge is 0.465 e. The molecule has 1 aliphatic heterocycles. The molecule has 2 aromatic heterocycles. The van der Waals surface area contributed by atoms with E-state index < -0.39 is 0 Å². The minimum Gasteiger partial charge on any atom is -0.465 e. The summed E-state index contributed by atoms with van der Waals surface area (Å²) in [7, 11) is 0. The lowest BCUT2D eigenvalue weighted by Gasteiger charge is -2.32. The van der Waals surface area contributed by atoms with E-state index in [0.29, 0.717) is 18.9 Å². The molecule has 6 heteroatoms. The third-order valence-electron chi connectivity index (χ3n) is 4.61. The molecule has 1 fully saturated rings. The number of rotatable bonds is 6. The van der Waals surface area contributed by atoms with Gasteiger partial charge >= 0.3 is 0 Å². The first-order chi connectivity index (χ1) is 12.1. The topological polar surface area (TPSA) is 62.6 Å². The number of hydrogen-bond donors (Lipinski definition) is 1. The molecule has 1 atom stereocenters. The number of nitrogens with zero attached hydrogens (tertiary/aromatic N) is 1. The monoisotopic (exact) mass is 360 g/mol. The minimum absolute atomic E-state index is 0.0373. The van der Waals surface area contributed by atoms with E-state index in [-0.39, 0.29) is 11.8 Å². The first-order valence-electron chi connectivity index (χ1n) is 8.75. The Hall–Kier alpha value is -2.08. The van der Waals surface area contributed by atoms with Crippen LogP contribution in [0.25, 0.3) is 0 Å². The highest BCUT2D eigenvalue weighted by atomic mass is 32.1. The Bertz CT molecular complexity index is 708. The van der Waals surface area contributed by atoms with Crippen molar-refractivity contribution in [1.82, 2.24) is 10.2 Å². The number of thiophene rings is 1. The van der Waals surface area contributed by atoms with Crippen molar-refractivity contribution in [2.24, 2.45) is 5.92 Å². The maximum atomic E-state index is 12.4. The Labute approximate surface area is 152 Å². The fourth-order valence-electron chi connectivity index (χ4n) is 3.24. The van der Waals surface area contributed by atoms with E-state index in [2.05, 4.69) is 5.32 Å². The highest BCUT2D eigenvalue weighted by molar-refractivity contribution is 7.08. The van der Waals surface area contributed by atoms with Crippen molar-refractivity contribution < 1.29 is 14.0 Å². The fraction of sp³-hybridized carbons (Fsp3) is 0.474. The second kappa shape index (κ2) is 8.34. The molecule has 2 aromatic rings. The Balaban J connectivity index is 1.41. The fourth-order valence-corrected chi connectivity index (χ4v) is 3.87. The van der Waals surface area contributed by atoms with Gasteiger partial charge in [-0.1, -0.05) is 0 Å². The van der Waals surface area contributed by atoms with Gasteiger partial charge in [-0.2, -0.15) is 11.3 Å². The molecule has 1 saturated heterocycles. The van der Waals surface area contributed by atoms with Crippen LogP contribution in [0.4, 0.5) is 0 Å². The quantitative estimate of drug-likeness (QED) is 0.856. The summed E-state index contributed by atoms with van der Waals surface area (Å²) in [6.45, 7) is 3.88. The molecule has 0 radical (unpaired) electrons. The van der Waals surface area contributed by atoms with Gasteiger partial charge in [-0.3, -0.25) is 9.59 Å². The highest BCUT2D eigenvalue weighted by Gasteiger charge is 2.25. The molecule has 1 N–H and O–H groups in total. The van der Waals surface area contributed by atoms with Crippen molar-refractivity contribution >= 4 is 23.2 Å². The smallest absolute Gasteiger partial charge is 0.254 e. The summed E-state index contributed by atoms with van der Waals surface area (Å²) in [5.74, 6) is 2.17. The lowest BCUT2D eigenvalue weighted by atomic mass is 9.93. The second-order valence-electron chi connectivity index (χ2n) is 6.60. The van der Waals surface area contributed by atoms with Crippen LogP contribution < -0.4 is 5.32 Å². The Kier molecular flexibility index (Phi) is 5.91. The highest BCUT2D eigenvalue weighted by Crippen LogP contribution is 2.23. The SMILES string of the molecule is Cc1ccc(CNC(=O)CCC2CCCN(C(=O)c3ccsc3)C2)o1. The Morgan fingerprint density at radius 1 is 1.36 bits per heavy atom. The van der Waals surface area contributed by atoms with Crippen LogP contribution in [0, 0.1) is 12.8 Å². The van der Waals surface area contributed by atoms with E-state index in [0.717, 1.165) is 49.4 Å². The van der Waals surface area contributed by atoms with Gasteiger partial charge in [-0.25, -0.2) is 0 Å². The van der Waals surface area contributed by atoms with Crippen molar-refractivity contribution in [2.45, 2.75) is 39.2 Å². The van der Waals surface area contributed by atoms with Crippen LogP contribution in [0.5, 0.6) is 0 Å². The van der Waals surface area contributed by atoms with Gasteiger partial charge in [0.25, 0.3) is 5.91 Å². The number of carbonyl (C=O) groups is 2. The number of piperidine rings is 1. The average molecular weight is 360 g/mol. The van der Waals surface area contributed by atoms with Gasteiger partial charge in [0, 0.05) is 24.9 Å². The van der Waals surface area contributed by atoms with Gasteiger partial charge in [0.1, 0.15) is 11.5 Å². The number of amides is 2. The summed E-state index contributed by atoms with van der Waals surface area (Å²) >= 11 is 1.54. The third kappa shape index (κ3) is 4.95. The van der Waals surface area contributed by atoms with Crippen LogP contribution >= 0.6 is 11.3 Å². The van der Waals surface area contributed by atoms with E-state index in [1.165, 1.54) is 0 Å². The number of aryl methyl sites for hydroxylation is 1. The maximum Gasteiger partial charge on any atom is 0.254 e. The standard InChI is InChI=1S/C19H24N2O3S/c1-14-4-6-17(24-14)11-20-18(22)7-5-15-3-2-9-21(12-15)19(23)16-8-10-25-13-16/h4,6,8,10,13,15H,2-3,5,7,9,11-12H2,1H3,(H,20,22). The molecular formula is C19H24N2O3S. The van der Waals surface area contributed by atoms with Crippen molar-refractivity contribution in [3.05, 3.63) is 46.0 Å². The predicted octanol–water partition coefficient (Wildman–Crippen LogP) is 3.60.